The van der Waals surface area contributed by atoms with Crippen molar-refractivity contribution in [2.75, 3.05) is 0 Å². The molecule has 0 amide bonds. The first-order valence-corrected chi connectivity index (χ1v) is 7.81. The molecule has 0 aliphatic heterocycles. The van der Waals surface area contributed by atoms with Crippen LogP contribution < -0.4 is 5.56 Å². The molecule has 0 saturated heterocycles. The largest absolute Gasteiger partial charge is 0.295 e. The summed E-state index contributed by atoms with van der Waals surface area (Å²) in [7, 11) is 0. The maximum absolute atomic E-state index is 12.6. The molecule has 3 aromatic rings. The summed E-state index contributed by atoms with van der Waals surface area (Å²) < 4.78 is 2.45. The third kappa shape index (κ3) is 2.49. The number of aromatic nitrogens is 3. The third-order valence-electron chi connectivity index (χ3n) is 3.76. The Labute approximate surface area is 127 Å². The van der Waals surface area contributed by atoms with Crippen LogP contribution in [0.4, 0.5) is 0 Å². The van der Waals surface area contributed by atoms with Crippen molar-refractivity contribution < 1.29 is 0 Å². The lowest BCUT2D eigenvalue weighted by molar-refractivity contribution is 0.517. The van der Waals surface area contributed by atoms with Crippen LogP contribution in [0.2, 0.25) is 0 Å². The topological polar surface area (TPSA) is 47.8 Å². The molecule has 0 aliphatic rings. The van der Waals surface area contributed by atoms with Gasteiger partial charge in [0, 0.05) is 24.4 Å². The molecule has 1 unspecified atom stereocenters. The van der Waals surface area contributed by atoms with E-state index in [0.29, 0.717) is 0 Å². The van der Waals surface area contributed by atoms with Gasteiger partial charge in [-0.3, -0.25) is 14.3 Å². The van der Waals surface area contributed by atoms with Gasteiger partial charge in [0.1, 0.15) is 4.70 Å². The molecule has 0 N–H and O–H groups in total. The Bertz CT molecular complexity index is 850. The fourth-order valence-electron chi connectivity index (χ4n) is 2.46. The molecule has 0 fully saturated rings. The second-order valence-electron chi connectivity index (χ2n) is 5.37. The summed E-state index contributed by atoms with van der Waals surface area (Å²) in [6.45, 7) is 6.06. The van der Waals surface area contributed by atoms with Gasteiger partial charge >= 0.3 is 0 Å². The van der Waals surface area contributed by atoms with Crippen LogP contribution in [0.15, 0.2) is 34.8 Å². The van der Waals surface area contributed by atoms with Crippen LogP contribution >= 0.6 is 11.3 Å². The summed E-state index contributed by atoms with van der Waals surface area (Å²) in [6, 6.07) is 4.00. The molecule has 21 heavy (non-hydrogen) atoms. The van der Waals surface area contributed by atoms with E-state index in [9.17, 15) is 4.79 Å². The number of thiophene rings is 1. The third-order valence-corrected chi connectivity index (χ3v) is 4.84. The number of aryl methyl sites for hydroxylation is 2. The number of fused-ring (bicyclic) bond motifs is 1. The Balaban J connectivity index is 1.99. The lowest BCUT2D eigenvalue weighted by atomic mass is 10.1. The van der Waals surface area contributed by atoms with Crippen LogP contribution in [0, 0.1) is 13.8 Å². The highest BCUT2D eigenvalue weighted by atomic mass is 32.1. The summed E-state index contributed by atoms with van der Waals surface area (Å²) >= 11 is 1.47. The van der Waals surface area contributed by atoms with Crippen molar-refractivity contribution in [3.8, 4) is 0 Å². The van der Waals surface area contributed by atoms with Crippen molar-refractivity contribution in [2.45, 2.75) is 33.2 Å². The molecule has 0 aliphatic carbocycles. The molecule has 0 saturated carbocycles. The van der Waals surface area contributed by atoms with Gasteiger partial charge < -0.3 is 0 Å². The van der Waals surface area contributed by atoms with Gasteiger partial charge in [-0.1, -0.05) is 6.07 Å². The molecule has 0 aromatic carbocycles. The predicted octanol–water partition coefficient (Wildman–Crippen LogP) is 3.27. The van der Waals surface area contributed by atoms with Gasteiger partial charge in [0.25, 0.3) is 5.56 Å². The quantitative estimate of drug-likeness (QED) is 0.745. The van der Waals surface area contributed by atoms with Gasteiger partial charge in [-0.15, -0.1) is 11.3 Å². The minimum Gasteiger partial charge on any atom is -0.295 e. The van der Waals surface area contributed by atoms with Crippen LogP contribution in [0.5, 0.6) is 0 Å². The molecule has 0 spiro atoms. The summed E-state index contributed by atoms with van der Waals surface area (Å²) in [5.41, 5.74) is 4.10. The van der Waals surface area contributed by atoms with E-state index >= 15 is 0 Å². The molecule has 4 nitrogen and oxygen atoms in total. The first kappa shape index (κ1) is 13.9. The van der Waals surface area contributed by atoms with Crippen LogP contribution in [0.3, 0.4) is 0 Å². The first-order valence-electron chi connectivity index (χ1n) is 6.93. The molecule has 0 bridgehead atoms. The van der Waals surface area contributed by atoms with Crippen molar-refractivity contribution in [1.29, 1.82) is 0 Å². The van der Waals surface area contributed by atoms with Crippen molar-refractivity contribution in [2.24, 2.45) is 0 Å². The molecule has 1 atom stereocenters. The van der Waals surface area contributed by atoms with E-state index in [4.69, 9.17) is 0 Å². The lowest BCUT2D eigenvalue weighted by Gasteiger charge is -2.15. The number of pyridine rings is 1. The SMILES string of the molecule is Cc1cccnc1CC(C)n1cnc2c(C)csc2c1=O. The van der Waals surface area contributed by atoms with E-state index in [2.05, 4.69) is 9.97 Å². The Kier molecular flexibility index (Phi) is 3.59. The summed E-state index contributed by atoms with van der Waals surface area (Å²) in [5.74, 6) is 0. The minimum absolute atomic E-state index is 0.0328. The van der Waals surface area contributed by atoms with Crippen LogP contribution in [0.25, 0.3) is 10.2 Å². The van der Waals surface area contributed by atoms with E-state index < -0.39 is 0 Å². The smallest absolute Gasteiger partial charge is 0.271 e. The van der Waals surface area contributed by atoms with Gasteiger partial charge in [-0.05, 0) is 43.3 Å². The Morgan fingerprint density at radius 3 is 2.86 bits per heavy atom. The highest BCUT2D eigenvalue weighted by molar-refractivity contribution is 7.17. The summed E-state index contributed by atoms with van der Waals surface area (Å²) in [5, 5.41) is 1.98. The fourth-order valence-corrected chi connectivity index (χ4v) is 3.40. The molecular formula is C16H17N3OS. The Morgan fingerprint density at radius 1 is 1.29 bits per heavy atom. The van der Waals surface area contributed by atoms with Crippen LogP contribution in [-0.2, 0) is 6.42 Å². The second kappa shape index (κ2) is 5.41. The predicted molar refractivity (Wildman–Crippen MR) is 86.0 cm³/mol. The van der Waals surface area contributed by atoms with E-state index in [1.54, 1.807) is 17.1 Å². The molecule has 3 aromatic heterocycles. The van der Waals surface area contributed by atoms with E-state index in [1.807, 2.05) is 38.3 Å². The average Bonchev–Trinajstić information content (AvgIpc) is 2.84. The van der Waals surface area contributed by atoms with E-state index in [1.165, 1.54) is 11.3 Å². The second-order valence-corrected chi connectivity index (χ2v) is 6.25. The zero-order valence-electron chi connectivity index (χ0n) is 12.3. The lowest BCUT2D eigenvalue weighted by Crippen LogP contribution is -2.24. The average molecular weight is 299 g/mol. The van der Waals surface area contributed by atoms with Crippen LogP contribution in [-0.4, -0.2) is 14.5 Å². The number of nitrogens with zero attached hydrogens (tertiary/aromatic N) is 3. The normalized spacial score (nSPS) is 12.7. The molecule has 0 radical (unpaired) electrons. The molecule has 3 heterocycles. The van der Waals surface area contributed by atoms with Gasteiger partial charge in [0.15, 0.2) is 0 Å². The van der Waals surface area contributed by atoms with Gasteiger partial charge in [-0.25, -0.2) is 4.98 Å². The van der Waals surface area contributed by atoms with Crippen LogP contribution in [0.1, 0.15) is 29.8 Å². The molecule has 3 rings (SSSR count). The summed E-state index contributed by atoms with van der Waals surface area (Å²) in [4.78, 5) is 21.4. The molecule has 5 heteroatoms. The van der Waals surface area contributed by atoms with Gasteiger partial charge in [0.05, 0.1) is 11.8 Å². The Morgan fingerprint density at radius 2 is 2.10 bits per heavy atom. The Hall–Kier alpha value is -2.01. The zero-order valence-corrected chi connectivity index (χ0v) is 13.1. The first-order chi connectivity index (χ1) is 10.1. The standard InChI is InChI=1S/C16H17N3OS/c1-10-5-4-6-17-13(10)7-12(3)19-9-18-14-11(2)8-21-15(14)16(19)20/h4-6,8-9,12H,7H2,1-3H3. The van der Waals surface area contributed by atoms with E-state index in [0.717, 1.165) is 33.5 Å². The number of rotatable bonds is 3. The minimum atomic E-state index is 0.0328. The zero-order chi connectivity index (χ0) is 15.0. The monoisotopic (exact) mass is 299 g/mol. The number of hydrogen-bond donors (Lipinski definition) is 0. The van der Waals surface area contributed by atoms with E-state index in [-0.39, 0.29) is 11.6 Å². The number of hydrogen-bond acceptors (Lipinski definition) is 4. The maximum atomic E-state index is 12.6. The van der Waals surface area contributed by atoms with Gasteiger partial charge in [-0.2, -0.15) is 0 Å². The molecule has 108 valence electrons. The highest BCUT2D eigenvalue weighted by Crippen LogP contribution is 2.21. The van der Waals surface area contributed by atoms with Crippen molar-refractivity contribution >= 4 is 21.6 Å². The maximum Gasteiger partial charge on any atom is 0.271 e. The van der Waals surface area contributed by atoms with Crippen molar-refractivity contribution in [3.63, 3.8) is 0 Å². The molecular weight excluding hydrogens is 282 g/mol. The van der Waals surface area contributed by atoms with Crippen molar-refractivity contribution in [1.82, 2.24) is 14.5 Å². The summed E-state index contributed by atoms with van der Waals surface area (Å²) in [6.07, 6.45) is 4.18. The highest BCUT2D eigenvalue weighted by Gasteiger charge is 2.14. The van der Waals surface area contributed by atoms with Gasteiger partial charge in [0.2, 0.25) is 0 Å². The van der Waals surface area contributed by atoms with Crippen molar-refractivity contribution in [3.05, 3.63) is 57.2 Å². The fraction of sp³-hybridized carbons (Fsp3) is 0.312.